The first-order valence-electron chi connectivity index (χ1n) is 5.82. The van der Waals surface area contributed by atoms with Gasteiger partial charge in [-0.1, -0.05) is 39.7 Å². The summed E-state index contributed by atoms with van der Waals surface area (Å²) >= 11 is 9.56. The van der Waals surface area contributed by atoms with Gasteiger partial charge in [-0.3, -0.25) is 0 Å². The van der Waals surface area contributed by atoms with Crippen LogP contribution in [0.5, 0.6) is 0 Å². The number of nitrogens with one attached hydrogen (secondary N) is 1. The van der Waals surface area contributed by atoms with E-state index in [1.807, 2.05) is 18.2 Å². The number of halogens is 2. The van der Waals surface area contributed by atoms with E-state index in [4.69, 9.17) is 16.9 Å². The van der Waals surface area contributed by atoms with Crippen molar-refractivity contribution >= 4 is 33.2 Å². The van der Waals surface area contributed by atoms with Crippen LogP contribution < -0.4 is 5.32 Å². The summed E-state index contributed by atoms with van der Waals surface area (Å²) in [5.41, 5.74) is 2.56. The van der Waals surface area contributed by atoms with Crippen LogP contribution in [0.1, 0.15) is 24.1 Å². The summed E-state index contributed by atoms with van der Waals surface area (Å²) in [6.45, 7) is 2.07. The minimum Gasteiger partial charge on any atom is -0.377 e. The van der Waals surface area contributed by atoms with Gasteiger partial charge in [0.15, 0.2) is 0 Å². The van der Waals surface area contributed by atoms with Gasteiger partial charge in [0.2, 0.25) is 0 Å². The Labute approximate surface area is 126 Å². The maximum atomic E-state index is 8.81. The molecule has 1 unspecified atom stereocenters. The van der Waals surface area contributed by atoms with E-state index < -0.39 is 0 Å². The first-order valence-corrected chi connectivity index (χ1v) is 6.99. The molecule has 0 amide bonds. The summed E-state index contributed by atoms with van der Waals surface area (Å²) in [7, 11) is 0. The highest BCUT2D eigenvalue weighted by atomic mass is 79.9. The molecule has 0 saturated heterocycles. The van der Waals surface area contributed by atoms with Crippen LogP contribution in [0.3, 0.4) is 0 Å². The van der Waals surface area contributed by atoms with Crippen molar-refractivity contribution in [1.29, 1.82) is 5.26 Å². The number of benzene rings is 2. The average molecular weight is 336 g/mol. The molecule has 0 aliphatic heterocycles. The van der Waals surface area contributed by atoms with Gasteiger partial charge in [0.1, 0.15) is 0 Å². The molecule has 4 heteroatoms. The number of hydrogen-bond donors (Lipinski definition) is 1. The summed E-state index contributed by atoms with van der Waals surface area (Å²) in [5, 5.41) is 12.7. The average Bonchev–Trinajstić information content (AvgIpc) is 2.41. The molecule has 0 bridgehead atoms. The lowest BCUT2D eigenvalue weighted by atomic mass is 10.1. The van der Waals surface area contributed by atoms with Crippen LogP contribution in [0, 0.1) is 11.3 Å². The lowest BCUT2D eigenvalue weighted by Crippen LogP contribution is -2.06. The number of nitriles is 1. The normalized spacial score (nSPS) is 11.7. The minimum atomic E-state index is 0.138. The lowest BCUT2D eigenvalue weighted by Gasteiger charge is -2.17. The predicted octanol–water partition coefficient (Wildman–Crippen LogP) is 5.15. The fraction of sp³-hybridized carbons (Fsp3) is 0.133. The summed E-state index contributed by atoms with van der Waals surface area (Å²) in [6.07, 6.45) is 0. The molecule has 0 radical (unpaired) electrons. The summed E-state index contributed by atoms with van der Waals surface area (Å²) in [6, 6.07) is 15.6. The molecule has 0 aliphatic carbocycles. The second-order valence-corrected chi connectivity index (χ2v) is 5.55. The molecule has 0 aliphatic rings. The van der Waals surface area contributed by atoms with Crippen LogP contribution in [0.4, 0.5) is 5.69 Å². The van der Waals surface area contributed by atoms with Gasteiger partial charge in [0.25, 0.3) is 0 Å². The van der Waals surface area contributed by atoms with Crippen molar-refractivity contribution in [3.63, 3.8) is 0 Å². The van der Waals surface area contributed by atoms with Crippen LogP contribution in [-0.4, -0.2) is 0 Å². The quantitative estimate of drug-likeness (QED) is 0.842. The molecule has 1 N–H and O–H groups in total. The molecule has 0 spiro atoms. The Morgan fingerprint density at radius 3 is 2.47 bits per heavy atom. The Bertz CT molecular complexity index is 617. The molecule has 2 aromatic rings. The Kier molecular flexibility index (Phi) is 4.47. The van der Waals surface area contributed by atoms with Crippen molar-refractivity contribution in [3.8, 4) is 6.07 Å². The van der Waals surface area contributed by atoms with Crippen molar-refractivity contribution in [3.05, 3.63) is 63.1 Å². The van der Waals surface area contributed by atoms with Gasteiger partial charge in [-0.2, -0.15) is 5.26 Å². The van der Waals surface area contributed by atoms with Crippen molar-refractivity contribution in [2.75, 3.05) is 5.32 Å². The highest BCUT2D eigenvalue weighted by Gasteiger charge is 2.08. The number of rotatable bonds is 3. The second kappa shape index (κ2) is 6.10. The van der Waals surface area contributed by atoms with E-state index in [1.165, 1.54) is 5.56 Å². The third-order valence-electron chi connectivity index (χ3n) is 2.84. The van der Waals surface area contributed by atoms with Crippen molar-refractivity contribution < 1.29 is 0 Å². The molecular weight excluding hydrogens is 324 g/mol. The van der Waals surface area contributed by atoms with E-state index in [9.17, 15) is 0 Å². The van der Waals surface area contributed by atoms with Gasteiger partial charge >= 0.3 is 0 Å². The smallest absolute Gasteiger partial charge is 0.0992 e. The van der Waals surface area contributed by atoms with E-state index in [0.29, 0.717) is 10.6 Å². The molecule has 2 aromatic carbocycles. The zero-order chi connectivity index (χ0) is 13.8. The largest absolute Gasteiger partial charge is 0.377 e. The molecule has 0 saturated carbocycles. The topological polar surface area (TPSA) is 35.8 Å². The summed E-state index contributed by atoms with van der Waals surface area (Å²) in [4.78, 5) is 0. The molecule has 96 valence electrons. The van der Waals surface area contributed by atoms with Gasteiger partial charge in [-0.25, -0.2) is 0 Å². The maximum absolute atomic E-state index is 8.81. The third-order valence-corrected chi connectivity index (χ3v) is 3.68. The second-order valence-electron chi connectivity index (χ2n) is 4.22. The maximum Gasteiger partial charge on any atom is 0.0992 e. The first-order chi connectivity index (χ1) is 9.10. The number of nitrogens with zero attached hydrogens (tertiary/aromatic N) is 1. The minimum absolute atomic E-state index is 0.138. The van der Waals surface area contributed by atoms with Crippen LogP contribution >= 0.6 is 27.5 Å². The van der Waals surface area contributed by atoms with Crippen molar-refractivity contribution in [2.24, 2.45) is 0 Å². The number of hydrogen-bond acceptors (Lipinski definition) is 2. The van der Waals surface area contributed by atoms with Gasteiger partial charge in [0.05, 0.1) is 22.3 Å². The van der Waals surface area contributed by atoms with Gasteiger partial charge in [-0.05, 0) is 42.8 Å². The van der Waals surface area contributed by atoms with Crippen molar-refractivity contribution in [1.82, 2.24) is 0 Å². The molecule has 1 atom stereocenters. The first kappa shape index (κ1) is 13.9. The zero-order valence-electron chi connectivity index (χ0n) is 10.3. The molecule has 0 fully saturated rings. The standard InChI is InChI=1S/C15H12BrClN2/c1-10(12-3-5-13(16)6-4-12)19-15-7-2-11(9-18)8-14(15)17/h2-8,10,19H,1H3. The molecule has 2 nitrogen and oxygen atoms in total. The number of anilines is 1. The fourth-order valence-corrected chi connectivity index (χ4v) is 2.27. The molecule has 19 heavy (non-hydrogen) atoms. The summed E-state index contributed by atoms with van der Waals surface area (Å²) in [5.74, 6) is 0. The lowest BCUT2D eigenvalue weighted by molar-refractivity contribution is 0.884. The Hall–Kier alpha value is -1.50. The molecular formula is C15H12BrClN2. The fourth-order valence-electron chi connectivity index (χ4n) is 1.77. The van der Waals surface area contributed by atoms with Crippen LogP contribution in [0.2, 0.25) is 5.02 Å². The van der Waals surface area contributed by atoms with Gasteiger partial charge < -0.3 is 5.32 Å². The van der Waals surface area contributed by atoms with E-state index in [1.54, 1.807) is 12.1 Å². The Balaban J connectivity index is 2.17. The monoisotopic (exact) mass is 334 g/mol. The summed E-state index contributed by atoms with van der Waals surface area (Å²) < 4.78 is 1.06. The van der Waals surface area contributed by atoms with Gasteiger partial charge in [0, 0.05) is 10.5 Å². The van der Waals surface area contributed by atoms with Crippen LogP contribution in [-0.2, 0) is 0 Å². The van der Waals surface area contributed by atoms with Crippen molar-refractivity contribution in [2.45, 2.75) is 13.0 Å². The zero-order valence-corrected chi connectivity index (χ0v) is 12.7. The van der Waals surface area contributed by atoms with Crippen LogP contribution in [0.15, 0.2) is 46.9 Å². The van der Waals surface area contributed by atoms with E-state index in [2.05, 4.69) is 46.4 Å². The predicted molar refractivity (Wildman–Crippen MR) is 82.3 cm³/mol. The SMILES string of the molecule is CC(Nc1ccc(C#N)cc1Cl)c1ccc(Br)cc1. The molecule has 2 rings (SSSR count). The van der Waals surface area contributed by atoms with Crippen LogP contribution in [0.25, 0.3) is 0 Å². The van der Waals surface area contributed by atoms with Gasteiger partial charge in [-0.15, -0.1) is 0 Å². The molecule has 0 aromatic heterocycles. The third kappa shape index (κ3) is 3.50. The Morgan fingerprint density at radius 1 is 1.21 bits per heavy atom. The molecule has 0 heterocycles. The van der Waals surface area contributed by atoms with E-state index >= 15 is 0 Å². The van der Waals surface area contributed by atoms with E-state index in [-0.39, 0.29) is 6.04 Å². The highest BCUT2D eigenvalue weighted by molar-refractivity contribution is 9.10. The highest BCUT2D eigenvalue weighted by Crippen LogP contribution is 2.27. The Morgan fingerprint density at radius 2 is 1.89 bits per heavy atom. The van der Waals surface area contributed by atoms with E-state index in [0.717, 1.165) is 10.2 Å².